The quantitative estimate of drug-likeness (QED) is 0.178. The molecular weight excluding hydrogens is 733 g/mol. The second-order valence-corrected chi connectivity index (χ2v) is 13.1. The van der Waals surface area contributed by atoms with Crippen LogP contribution >= 0.6 is 0 Å². The zero-order valence-corrected chi connectivity index (χ0v) is 30.1. The summed E-state index contributed by atoms with van der Waals surface area (Å²) in [4.78, 5) is 0. The molecule has 0 amide bonds. The van der Waals surface area contributed by atoms with Gasteiger partial charge in [-0.25, -0.2) is 6.08 Å². The fourth-order valence-corrected chi connectivity index (χ4v) is 5.68. The average Bonchev–Trinajstić information content (AvgIpc) is 3.61. The SMILES string of the molecule is CC1[C-]=CC(C(C)(C)C)=C1.FC(F)(F)c1cccc([C](=[Zr+2])c2cccc(C(F)(F)F)c2)c1.[Cl-].[Cl-].[c-]1cccc2c1Cc1ccccc1-2. The number of alkyl halides is 6. The second-order valence-electron chi connectivity index (χ2n) is 11.9. The van der Waals surface area contributed by atoms with E-state index in [1.54, 1.807) is 0 Å². The Labute approximate surface area is 300 Å². The maximum absolute atomic E-state index is 12.7. The van der Waals surface area contributed by atoms with E-state index in [4.69, 9.17) is 0 Å². The zero-order chi connectivity index (χ0) is 33.0. The van der Waals surface area contributed by atoms with E-state index in [0.717, 1.165) is 54.9 Å². The largest absolute Gasteiger partial charge is 1.00 e. The normalized spacial score (nSPS) is 14.6. The molecule has 2 aliphatic carbocycles. The summed E-state index contributed by atoms with van der Waals surface area (Å²) in [6.45, 7) is 8.86. The number of halogens is 8. The van der Waals surface area contributed by atoms with Crippen LogP contribution in [0.2, 0.25) is 0 Å². The van der Waals surface area contributed by atoms with Gasteiger partial charge in [0.05, 0.1) is 0 Å². The Morgan fingerprint density at radius 3 is 1.72 bits per heavy atom. The van der Waals surface area contributed by atoms with Crippen molar-refractivity contribution in [2.75, 3.05) is 0 Å². The van der Waals surface area contributed by atoms with Crippen LogP contribution in [0.5, 0.6) is 0 Å². The third kappa shape index (κ3) is 10.9. The molecule has 0 bridgehead atoms. The van der Waals surface area contributed by atoms with E-state index < -0.39 is 23.5 Å². The average molecular weight is 765 g/mol. The molecule has 9 heteroatoms. The first-order chi connectivity index (χ1) is 21.0. The van der Waals surface area contributed by atoms with Crippen LogP contribution in [0.1, 0.15) is 61.1 Å². The molecule has 6 rings (SSSR count). The molecule has 0 aromatic heterocycles. The van der Waals surface area contributed by atoms with Crippen LogP contribution in [0, 0.1) is 23.5 Å². The summed E-state index contributed by atoms with van der Waals surface area (Å²) in [6, 6.07) is 27.3. The van der Waals surface area contributed by atoms with Gasteiger partial charge >= 0.3 is 137 Å². The van der Waals surface area contributed by atoms with Gasteiger partial charge in [0.2, 0.25) is 0 Å². The summed E-state index contributed by atoms with van der Waals surface area (Å²) in [5, 5.41) is 0. The third-order valence-electron chi connectivity index (χ3n) is 7.37. The van der Waals surface area contributed by atoms with Crippen molar-refractivity contribution in [1.29, 1.82) is 0 Å². The zero-order valence-electron chi connectivity index (χ0n) is 26.1. The molecule has 0 fully saturated rings. The fourth-order valence-electron chi connectivity index (χ4n) is 4.92. The summed E-state index contributed by atoms with van der Waals surface area (Å²) >= 11 is 0.729. The van der Waals surface area contributed by atoms with Gasteiger partial charge in [0, 0.05) is 0 Å². The summed E-state index contributed by atoms with van der Waals surface area (Å²) in [6.07, 6.45) is -0.272. The molecule has 0 N–H and O–H groups in total. The van der Waals surface area contributed by atoms with Crippen molar-refractivity contribution in [3.8, 4) is 11.1 Å². The van der Waals surface area contributed by atoms with Gasteiger partial charge in [-0.1, -0.05) is 74.4 Å². The Balaban J connectivity index is 0.000000261. The molecular formula is C38H32Cl2F6Zr-2. The van der Waals surface area contributed by atoms with Gasteiger partial charge in [0.25, 0.3) is 0 Å². The van der Waals surface area contributed by atoms with Crippen LogP contribution < -0.4 is 24.8 Å². The smallest absolute Gasteiger partial charge is 0.0253 e. The van der Waals surface area contributed by atoms with Gasteiger partial charge in [0.15, 0.2) is 0 Å². The van der Waals surface area contributed by atoms with E-state index in [-0.39, 0.29) is 35.9 Å². The Morgan fingerprint density at radius 2 is 1.26 bits per heavy atom. The van der Waals surface area contributed by atoms with Crippen molar-refractivity contribution in [3.63, 3.8) is 0 Å². The molecule has 0 saturated carbocycles. The predicted molar refractivity (Wildman–Crippen MR) is 164 cm³/mol. The Kier molecular flexibility index (Phi) is 14.3. The number of hydrogen-bond donors (Lipinski definition) is 0. The summed E-state index contributed by atoms with van der Waals surface area (Å²) in [7, 11) is 0. The monoisotopic (exact) mass is 762 g/mol. The van der Waals surface area contributed by atoms with Crippen LogP contribution in [0.3, 0.4) is 0 Å². The molecule has 0 heterocycles. The number of rotatable bonds is 2. The predicted octanol–water partition coefficient (Wildman–Crippen LogP) is 4.87. The molecule has 2 aliphatic rings. The van der Waals surface area contributed by atoms with Crippen molar-refractivity contribution < 1.29 is 75.4 Å². The molecule has 1 atom stereocenters. The first-order valence-electron chi connectivity index (χ1n) is 14.4. The maximum atomic E-state index is 12.7. The molecule has 0 spiro atoms. The summed E-state index contributed by atoms with van der Waals surface area (Å²) in [5.41, 5.74) is 6.13. The molecule has 246 valence electrons. The summed E-state index contributed by atoms with van der Waals surface area (Å²) < 4.78 is 76.7. The van der Waals surface area contributed by atoms with Gasteiger partial charge < -0.3 is 24.8 Å². The van der Waals surface area contributed by atoms with E-state index in [2.05, 4.69) is 88.4 Å². The van der Waals surface area contributed by atoms with Crippen molar-refractivity contribution in [2.24, 2.45) is 11.3 Å². The molecule has 0 nitrogen and oxygen atoms in total. The first kappa shape index (κ1) is 40.4. The van der Waals surface area contributed by atoms with Crippen molar-refractivity contribution in [2.45, 2.75) is 46.5 Å². The Hall–Kier alpha value is -2.73. The van der Waals surface area contributed by atoms with E-state index in [1.807, 2.05) is 6.07 Å². The number of benzene rings is 4. The minimum Gasteiger partial charge on any atom is -1.00 e. The molecule has 4 aromatic rings. The van der Waals surface area contributed by atoms with E-state index in [1.165, 1.54) is 52.1 Å². The van der Waals surface area contributed by atoms with Crippen molar-refractivity contribution in [1.82, 2.24) is 0 Å². The van der Waals surface area contributed by atoms with Crippen LogP contribution in [-0.4, -0.2) is 3.21 Å². The van der Waals surface area contributed by atoms with Crippen molar-refractivity contribution in [3.05, 3.63) is 154 Å². The van der Waals surface area contributed by atoms with E-state index in [9.17, 15) is 26.3 Å². The Morgan fingerprint density at radius 1 is 0.723 bits per heavy atom. The minimum absolute atomic E-state index is 0. The van der Waals surface area contributed by atoms with Gasteiger partial charge in [0.1, 0.15) is 0 Å². The van der Waals surface area contributed by atoms with Gasteiger partial charge in [-0.15, -0.1) is 5.56 Å². The van der Waals surface area contributed by atoms with Gasteiger partial charge in [-0.2, -0.15) is 41.5 Å². The fraction of sp³-hybridized carbons (Fsp3) is 0.237. The molecule has 0 saturated heterocycles. The molecule has 4 aromatic carbocycles. The third-order valence-corrected chi connectivity index (χ3v) is 8.79. The van der Waals surface area contributed by atoms with Gasteiger partial charge in [-0.3, -0.25) is 6.08 Å². The minimum atomic E-state index is -4.49. The number of hydrogen-bond acceptors (Lipinski definition) is 0. The molecule has 1 unspecified atom stereocenters. The van der Waals surface area contributed by atoms with Crippen LogP contribution in [-0.2, 0) is 43.0 Å². The number of fused-ring (bicyclic) bond motifs is 3. The number of allylic oxidation sites excluding steroid dienone is 4. The van der Waals surface area contributed by atoms with Crippen LogP contribution in [0.4, 0.5) is 26.3 Å². The second kappa shape index (κ2) is 16.6. The topological polar surface area (TPSA) is 0 Å². The maximum Gasteiger partial charge on any atom is -0.0253 e. The van der Waals surface area contributed by atoms with Crippen molar-refractivity contribution >= 4 is 3.21 Å². The van der Waals surface area contributed by atoms with E-state index >= 15 is 0 Å². The first-order valence-corrected chi connectivity index (χ1v) is 15.6. The standard InChI is InChI=1S/C15H8F6.C13H9.C10H15.2ClH.Zr/c16-14(17,18)12-5-1-3-10(8-12)7-11-4-2-6-13(9-11)15(19,20)21;1-3-7-12-10(5-1)9-11-6-2-4-8-13(11)12;1-8-5-6-9(7-8)10(2,3)4;;;/h1-6,8-9H;1-5,7-8H,9H2;6-8H,1-4H3;2*1H;/q;2*-1;;;+2/p-2. The van der Waals surface area contributed by atoms with Gasteiger partial charge in [-0.05, 0) is 6.42 Å². The Bertz CT molecular complexity index is 1630. The molecule has 47 heavy (non-hydrogen) atoms. The van der Waals surface area contributed by atoms with Crippen LogP contribution in [0.25, 0.3) is 11.1 Å². The van der Waals surface area contributed by atoms with Crippen LogP contribution in [0.15, 0.2) is 109 Å². The molecule has 0 aliphatic heterocycles. The summed E-state index contributed by atoms with van der Waals surface area (Å²) in [5.74, 6) is 0.522. The van der Waals surface area contributed by atoms with E-state index in [0.29, 0.717) is 14.5 Å². The molecule has 0 radical (unpaired) electrons.